The summed E-state index contributed by atoms with van der Waals surface area (Å²) in [4.78, 5) is 26.2. The number of hydrogen-bond donors (Lipinski definition) is 0. The van der Waals surface area contributed by atoms with E-state index in [9.17, 15) is 15.3 Å². The lowest BCUT2D eigenvalue weighted by Crippen LogP contribution is -2.55. The third-order valence-corrected chi connectivity index (χ3v) is 9.49. The minimum absolute atomic E-state index is 0.178. The van der Waals surface area contributed by atoms with Crippen LogP contribution in [0, 0.1) is 29.6 Å². The average Bonchev–Trinajstić information content (AvgIpc) is 3.62. The van der Waals surface area contributed by atoms with E-state index < -0.39 is 0 Å². The summed E-state index contributed by atoms with van der Waals surface area (Å²) in [6.07, 6.45) is 6.30. The summed E-state index contributed by atoms with van der Waals surface area (Å²) in [5.74, 6) is 0.184. The van der Waals surface area contributed by atoms with E-state index in [1.165, 1.54) is 11.6 Å². The Bertz CT molecular complexity index is 1680. The number of likely N-dealkylation sites (N-methyl/N-ethyl adjacent to an activating group) is 1. The second-order valence-electron chi connectivity index (χ2n) is 12.1. The molecule has 2 saturated heterocycles. The summed E-state index contributed by atoms with van der Waals surface area (Å²) in [6, 6.07) is 8.90. The van der Waals surface area contributed by atoms with Crippen LogP contribution in [0.3, 0.4) is 0 Å². The number of benzene rings is 1. The molecule has 3 aliphatic heterocycles. The number of amides is 1. The first kappa shape index (κ1) is 29.5. The van der Waals surface area contributed by atoms with Crippen LogP contribution >= 0.6 is 0 Å². The molecule has 44 heavy (non-hydrogen) atoms. The lowest BCUT2D eigenvalue weighted by molar-refractivity contribution is -0.128. The predicted molar refractivity (Wildman–Crippen MR) is 168 cm³/mol. The molecule has 0 saturated carbocycles. The highest BCUT2D eigenvalue weighted by atomic mass is 16.5. The van der Waals surface area contributed by atoms with Crippen molar-refractivity contribution in [2.45, 2.75) is 51.2 Å². The van der Waals surface area contributed by atoms with Crippen molar-refractivity contribution in [3.63, 3.8) is 0 Å². The topological polar surface area (TPSA) is 118 Å². The maximum atomic E-state index is 12.6. The van der Waals surface area contributed by atoms with E-state index in [0.717, 1.165) is 59.5 Å². The Balaban J connectivity index is 1.41. The summed E-state index contributed by atoms with van der Waals surface area (Å²) in [7, 11) is 4.06. The number of carbonyl (C=O) groups is 1. The molecular formula is C33H39N9O2. The van der Waals surface area contributed by atoms with E-state index in [0.29, 0.717) is 50.7 Å². The Kier molecular flexibility index (Phi) is 8.15. The first-order chi connectivity index (χ1) is 21.3. The van der Waals surface area contributed by atoms with E-state index >= 15 is 0 Å². The first-order valence-electron chi connectivity index (χ1n) is 15.3. The van der Waals surface area contributed by atoms with Crippen molar-refractivity contribution in [3.8, 4) is 18.0 Å². The minimum atomic E-state index is -0.308. The van der Waals surface area contributed by atoms with Crippen LogP contribution in [0.5, 0.6) is 5.88 Å². The summed E-state index contributed by atoms with van der Waals surface area (Å²) in [5, 5.41) is 25.8. The van der Waals surface area contributed by atoms with Crippen LogP contribution in [-0.2, 0) is 24.8 Å². The molecule has 11 nitrogen and oxygen atoms in total. The van der Waals surface area contributed by atoms with E-state index in [2.05, 4.69) is 64.6 Å². The van der Waals surface area contributed by atoms with Gasteiger partial charge in [0.1, 0.15) is 18.2 Å². The van der Waals surface area contributed by atoms with Gasteiger partial charge in [-0.15, -0.1) is 0 Å². The molecular weight excluding hydrogens is 554 g/mol. The van der Waals surface area contributed by atoms with Crippen LogP contribution in [0.4, 0.5) is 11.4 Å². The summed E-state index contributed by atoms with van der Waals surface area (Å²) < 4.78 is 8.30. The number of rotatable bonds is 7. The second-order valence-corrected chi connectivity index (χ2v) is 12.1. The van der Waals surface area contributed by atoms with Gasteiger partial charge in [-0.25, -0.2) is 4.98 Å². The number of aryl methyl sites for hydroxylation is 2. The molecule has 3 aliphatic rings. The Morgan fingerprint density at radius 3 is 2.70 bits per heavy atom. The number of aromatic nitrogens is 3. The number of likely N-dealkylation sites (tertiary alicyclic amines) is 1. The normalized spacial score (nSPS) is 20.3. The Morgan fingerprint density at radius 1 is 1.14 bits per heavy atom. The number of fused-ring (bicyclic) bond motifs is 2. The fourth-order valence-electron chi connectivity index (χ4n) is 7.13. The zero-order valence-corrected chi connectivity index (χ0v) is 25.8. The number of ether oxygens (including phenoxy) is 1. The number of pyridine rings is 1. The molecule has 2 atom stereocenters. The van der Waals surface area contributed by atoms with E-state index in [-0.39, 0.29) is 24.4 Å². The van der Waals surface area contributed by atoms with Crippen LogP contribution in [0.15, 0.2) is 31.0 Å². The van der Waals surface area contributed by atoms with Gasteiger partial charge in [0.15, 0.2) is 0 Å². The smallest absolute Gasteiger partial charge is 0.246 e. The van der Waals surface area contributed by atoms with Gasteiger partial charge in [-0.3, -0.25) is 9.48 Å². The molecule has 1 aromatic carbocycles. The predicted octanol–water partition coefficient (Wildman–Crippen LogP) is 3.30. The fourth-order valence-corrected chi connectivity index (χ4v) is 7.13. The maximum Gasteiger partial charge on any atom is 0.246 e. The number of nitriles is 2. The van der Waals surface area contributed by atoms with Gasteiger partial charge >= 0.3 is 0 Å². The average molecular weight is 594 g/mol. The van der Waals surface area contributed by atoms with Crippen LogP contribution < -0.4 is 14.5 Å². The number of carbonyl (C=O) groups excluding carboxylic acids is 1. The molecule has 1 amide bonds. The van der Waals surface area contributed by atoms with Crippen molar-refractivity contribution in [2.24, 2.45) is 7.05 Å². The molecule has 6 rings (SSSR count). The zero-order chi connectivity index (χ0) is 31.0. The number of piperazine rings is 1. The Labute approximate surface area is 258 Å². The zero-order valence-electron chi connectivity index (χ0n) is 25.8. The monoisotopic (exact) mass is 593 g/mol. The molecule has 0 aliphatic carbocycles. The van der Waals surface area contributed by atoms with Gasteiger partial charge in [0.05, 0.1) is 53.9 Å². The van der Waals surface area contributed by atoms with Crippen molar-refractivity contribution >= 4 is 28.2 Å². The number of hydrogen-bond acceptors (Lipinski definition) is 9. The van der Waals surface area contributed by atoms with Crippen molar-refractivity contribution in [2.75, 3.05) is 56.2 Å². The maximum absolute atomic E-state index is 12.6. The van der Waals surface area contributed by atoms with E-state index in [1.807, 2.05) is 17.9 Å². The molecule has 3 aromatic rings. The van der Waals surface area contributed by atoms with Crippen molar-refractivity contribution in [1.82, 2.24) is 24.6 Å². The molecule has 11 heteroatoms. The van der Waals surface area contributed by atoms with Gasteiger partial charge in [-0.2, -0.15) is 15.6 Å². The van der Waals surface area contributed by atoms with Gasteiger partial charge < -0.3 is 24.3 Å². The summed E-state index contributed by atoms with van der Waals surface area (Å²) in [5.41, 5.74) is 6.59. The molecule has 2 unspecified atom stereocenters. The van der Waals surface area contributed by atoms with Crippen molar-refractivity contribution < 1.29 is 9.53 Å². The second kappa shape index (κ2) is 12.2. The standard InChI is InChI=1S/C33H39N9O2/c1-5-30(43)42-16-15-41(19-23(42)10-12-34)32-25-11-14-40(31-22(2)8-9-29-27(31)18-36-39(29)4)20-28(25)37-33(26(32)17-35)44-21-24-7-6-13-38(24)3/h5,8-9,18,23-24H,1,6-7,10-11,13-16,19-21H2,2-4H3. The van der Waals surface area contributed by atoms with Crippen LogP contribution in [-0.4, -0.2) is 88.9 Å². The Hall–Kier alpha value is -4.61. The lowest BCUT2D eigenvalue weighted by Gasteiger charge is -2.43. The van der Waals surface area contributed by atoms with Gasteiger partial charge in [-0.1, -0.05) is 12.6 Å². The van der Waals surface area contributed by atoms with Crippen LogP contribution in [0.2, 0.25) is 0 Å². The number of anilines is 2. The number of nitrogens with zero attached hydrogens (tertiary/aromatic N) is 9. The van der Waals surface area contributed by atoms with Crippen LogP contribution in [0.25, 0.3) is 10.9 Å². The summed E-state index contributed by atoms with van der Waals surface area (Å²) >= 11 is 0. The quantitative estimate of drug-likeness (QED) is 0.380. The first-order valence-corrected chi connectivity index (χ1v) is 15.3. The van der Waals surface area contributed by atoms with Gasteiger partial charge in [0, 0.05) is 50.2 Å². The molecule has 0 N–H and O–H groups in total. The van der Waals surface area contributed by atoms with Gasteiger partial charge in [0.2, 0.25) is 11.8 Å². The highest BCUT2D eigenvalue weighted by molar-refractivity contribution is 5.94. The fraction of sp³-hybridized carbons (Fsp3) is 0.485. The van der Waals surface area contributed by atoms with Crippen molar-refractivity contribution in [1.29, 1.82) is 10.5 Å². The van der Waals surface area contributed by atoms with Crippen LogP contribution in [0.1, 0.15) is 41.6 Å². The van der Waals surface area contributed by atoms with E-state index in [1.54, 1.807) is 4.90 Å². The largest absolute Gasteiger partial charge is 0.475 e. The highest BCUT2D eigenvalue weighted by Gasteiger charge is 2.35. The molecule has 0 radical (unpaired) electrons. The minimum Gasteiger partial charge on any atom is -0.475 e. The molecule has 5 heterocycles. The van der Waals surface area contributed by atoms with E-state index in [4.69, 9.17) is 9.72 Å². The molecule has 0 spiro atoms. The third kappa shape index (κ3) is 5.22. The highest BCUT2D eigenvalue weighted by Crippen LogP contribution is 2.40. The Morgan fingerprint density at radius 2 is 1.98 bits per heavy atom. The third-order valence-electron chi connectivity index (χ3n) is 9.49. The summed E-state index contributed by atoms with van der Waals surface area (Å²) in [6.45, 7) is 10.0. The lowest BCUT2D eigenvalue weighted by atomic mass is 9.96. The van der Waals surface area contributed by atoms with Gasteiger partial charge in [0.25, 0.3) is 0 Å². The molecule has 0 bridgehead atoms. The molecule has 228 valence electrons. The van der Waals surface area contributed by atoms with Gasteiger partial charge in [-0.05, 0) is 57.5 Å². The molecule has 2 fully saturated rings. The molecule has 2 aromatic heterocycles. The van der Waals surface area contributed by atoms with Crippen molar-refractivity contribution in [3.05, 3.63) is 53.4 Å². The SMILES string of the molecule is C=CC(=O)N1CCN(c2c(C#N)c(OCC3CCCN3C)nc3c2CCN(c2c(C)ccc4c2cnn4C)C3)CC1CC#N.